The summed E-state index contributed by atoms with van der Waals surface area (Å²) in [5, 5.41) is 13.5. The smallest absolute Gasteiger partial charge is 0.221 e. The quantitative estimate of drug-likeness (QED) is 0.890. The van der Waals surface area contributed by atoms with Gasteiger partial charge in [-0.15, -0.1) is 0 Å². The Morgan fingerprint density at radius 1 is 1.41 bits per heavy atom. The number of carbonyl (C=O) groups is 1. The van der Waals surface area contributed by atoms with Gasteiger partial charge in [0.25, 0.3) is 0 Å². The molecule has 0 saturated carbocycles. The first-order chi connectivity index (χ1) is 10.6. The highest BCUT2D eigenvalue weighted by Gasteiger charge is 2.29. The molecule has 1 amide bonds. The zero-order chi connectivity index (χ0) is 15.5. The summed E-state index contributed by atoms with van der Waals surface area (Å²) in [6.45, 7) is 5.93. The van der Waals surface area contributed by atoms with Crippen LogP contribution in [0.1, 0.15) is 30.6 Å². The first-order valence-corrected chi connectivity index (χ1v) is 8.02. The Balaban J connectivity index is 1.69. The number of fused-ring (bicyclic) bond motifs is 1. The van der Waals surface area contributed by atoms with E-state index in [4.69, 9.17) is 4.74 Å². The van der Waals surface area contributed by atoms with Crippen molar-refractivity contribution in [1.29, 1.82) is 0 Å². The number of hydrogen-bond donors (Lipinski definition) is 2. The molecule has 1 aliphatic carbocycles. The molecule has 0 bridgehead atoms. The predicted molar refractivity (Wildman–Crippen MR) is 84.8 cm³/mol. The molecule has 2 unspecified atom stereocenters. The fourth-order valence-corrected chi connectivity index (χ4v) is 3.45. The molecule has 5 nitrogen and oxygen atoms in total. The van der Waals surface area contributed by atoms with E-state index in [2.05, 4.69) is 10.2 Å². The number of amides is 1. The average molecular weight is 304 g/mol. The second-order valence-electron chi connectivity index (χ2n) is 6.25. The van der Waals surface area contributed by atoms with Crippen LogP contribution in [-0.4, -0.2) is 48.8 Å². The van der Waals surface area contributed by atoms with Crippen molar-refractivity contribution in [3.8, 4) is 0 Å². The number of aliphatic hydroxyl groups excluding tert-OH is 1. The van der Waals surface area contributed by atoms with Gasteiger partial charge in [-0.2, -0.15) is 0 Å². The number of hydrogen-bond acceptors (Lipinski definition) is 4. The van der Waals surface area contributed by atoms with Gasteiger partial charge < -0.3 is 15.2 Å². The lowest BCUT2D eigenvalue weighted by Gasteiger charge is -2.35. The lowest BCUT2D eigenvalue weighted by atomic mass is 9.81. The Bertz CT molecular complexity index is 541. The highest BCUT2D eigenvalue weighted by Crippen LogP contribution is 2.36. The van der Waals surface area contributed by atoms with E-state index in [1.165, 1.54) is 6.92 Å². The number of nitrogens with one attached hydrogen (secondary N) is 1. The van der Waals surface area contributed by atoms with E-state index in [1.54, 1.807) is 0 Å². The molecule has 1 aromatic rings. The van der Waals surface area contributed by atoms with Crippen molar-refractivity contribution >= 4 is 11.6 Å². The number of morpholine rings is 1. The molecule has 1 saturated heterocycles. The van der Waals surface area contributed by atoms with Crippen molar-refractivity contribution in [2.24, 2.45) is 5.92 Å². The van der Waals surface area contributed by atoms with Gasteiger partial charge in [0.1, 0.15) is 0 Å². The number of rotatable bonds is 3. The van der Waals surface area contributed by atoms with Gasteiger partial charge in [-0.05, 0) is 36.1 Å². The van der Waals surface area contributed by atoms with Crippen molar-refractivity contribution in [1.82, 2.24) is 4.90 Å². The van der Waals surface area contributed by atoms with Crippen molar-refractivity contribution in [2.75, 3.05) is 38.2 Å². The zero-order valence-electron chi connectivity index (χ0n) is 13.0. The molecule has 120 valence electrons. The second kappa shape index (κ2) is 6.77. The van der Waals surface area contributed by atoms with Gasteiger partial charge in [0.15, 0.2) is 0 Å². The predicted octanol–water partition coefficient (Wildman–Crippen LogP) is 1.57. The van der Waals surface area contributed by atoms with Crippen LogP contribution in [0.2, 0.25) is 0 Å². The van der Waals surface area contributed by atoms with Crippen LogP contribution in [0.25, 0.3) is 0 Å². The summed E-state index contributed by atoms with van der Waals surface area (Å²) < 4.78 is 5.38. The van der Waals surface area contributed by atoms with Crippen LogP contribution in [0.5, 0.6) is 0 Å². The highest BCUT2D eigenvalue weighted by atomic mass is 16.5. The lowest BCUT2D eigenvalue weighted by molar-refractivity contribution is -0.114. The van der Waals surface area contributed by atoms with E-state index in [1.807, 2.05) is 18.2 Å². The third kappa shape index (κ3) is 3.48. The molecule has 2 N–H and O–H groups in total. The Hall–Kier alpha value is -1.43. The van der Waals surface area contributed by atoms with E-state index >= 15 is 0 Å². The van der Waals surface area contributed by atoms with Crippen LogP contribution in [0.3, 0.4) is 0 Å². The van der Waals surface area contributed by atoms with Gasteiger partial charge in [0.05, 0.1) is 19.3 Å². The highest BCUT2D eigenvalue weighted by molar-refractivity contribution is 5.88. The number of aliphatic hydroxyl groups is 1. The normalized spacial score (nSPS) is 25.5. The Morgan fingerprint density at radius 2 is 2.18 bits per heavy atom. The molecule has 1 fully saturated rings. The number of ether oxygens (including phenoxy) is 1. The number of benzene rings is 1. The standard InChI is InChI=1S/C17H24N2O3/c1-12(20)18-15-4-5-16-13(10-15)2-3-14(17(16)21)11-19-6-8-22-9-7-19/h4-5,10,14,17,21H,2-3,6-9,11H2,1H3,(H,18,20). The molecule has 1 heterocycles. The minimum atomic E-state index is -0.419. The minimum absolute atomic E-state index is 0.0681. The Kier molecular flexibility index (Phi) is 4.76. The molecule has 0 radical (unpaired) electrons. The maximum atomic E-state index is 11.1. The van der Waals surface area contributed by atoms with Crippen LogP contribution in [-0.2, 0) is 16.0 Å². The largest absolute Gasteiger partial charge is 0.388 e. The Labute approximate surface area is 131 Å². The van der Waals surface area contributed by atoms with Crippen LogP contribution in [0, 0.1) is 5.92 Å². The van der Waals surface area contributed by atoms with Crippen LogP contribution in [0.4, 0.5) is 5.69 Å². The molecule has 2 aliphatic rings. The number of nitrogens with zero attached hydrogens (tertiary/aromatic N) is 1. The molecular formula is C17H24N2O3. The van der Waals surface area contributed by atoms with Crippen molar-refractivity contribution in [3.63, 3.8) is 0 Å². The summed E-state index contributed by atoms with van der Waals surface area (Å²) in [6, 6.07) is 5.82. The summed E-state index contributed by atoms with van der Waals surface area (Å²) in [5.41, 5.74) is 2.97. The monoisotopic (exact) mass is 304 g/mol. The van der Waals surface area contributed by atoms with E-state index in [0.29, 0.717) is 0 Å². The van der Waals surface area contributed by atoms with Gasteiger partial charge in [0, 0.05) is 38.2 Å². The van der Waals surface area contributed by atoms with Gasteiger partial charge in [0.2, 0.25) is 5.91 Å². The minimum Gasteiger partial charge on any atom is -0.388 e. The topological polar surface area (TPSA) is 61.8 Å². The van der Waals surface area contributed by atoms with Crippen LogP contribution in [0.15, 0.2) is 18.2 Å². The number of aryl methyl sites for hydroxylation is 1. The molecule has 3 rings (SSSR count). The summed E-state index contributed by atoms with van der Waals surface area (Å²) in [6.07, 6.45) is 1.52. The van der Waals surface area contributed by atoms with E-state index in [9.17, 15) is 9.90 Å². The summed E-state index contributed by atoms with van der Waals surface area (Å²) >= 11 is 0. The molecule has 2 atom stereocenters. The zero-order valence-corrected chi connectivity index (χ0v) is 13.0. The van der Waals surface area contributed by atoms with Crippen molar-refractivity contribution in [2.45, 2.75) is 25.9 Å². The van der Waals surface area contributed by atoms with Crippen LogP contribution >= 0.6 is 0 Å². The fraction of sp³-hybridized carbons (Fsp3) is 0.588. The Morgan fingerprint density at radius 3 is 2.91 bits per heavy atom. The maximum absolute atomic E-state index is 11.1. The van der Waals surface area contributed by atoms with Crippen molar-refractivity contribution < 1.29 is 14.6 Å². The van der Waals surface area contributed by atoms with Gasteiger partial charge in [-0.3, -0.25) is 9.69 Å². The van der Waals surface area contributed by atoms with Crippen LogP contribution < -0.4 is 5.32 Å². The molecule has 22 heavy (non-hydrogen) atoms. The summed E-state index contributed by atoms with van der Waals surface area (Å²) in [7, 11) is 0. The summed E-state index contributed by atoms with van der Waals surface area (Å²) in [4.78, 5) is 13.5. The molecule has 1 aromatic carbocycles. The van der Waals surface area contributed by atoms with E-state index < -0.39 is 6.10 Å². The average Bonchev–Trinajstić information content (AvgIpc) is 2.50. The lowest BCUT2D eigenvalue weighted by Crippen LogP contribution is -2.41. The SMILES string of the molecule is CC(=O)Nc1ccc2c(c1)CCC(CN1CCOCC1)C2O. The number of anilines is 1. The number of carbonyl (C=O) groups excluding carboxylic acids is 1. The van der Waals surface area contributed by atoms with E-state index in [-0.39, 0.29) is 11.8 Å². The van der Waals surface area contributed by atoms with E-state index in [0.717, 1.165) is 62.5 Å². The maximum Gasteiger partial charge on any atom is 0.221 e. The molecule has 1 aliphatic heterocycles. The van der Waals surface area contributed by atoms with Crippen molar-refractivity contribution in [3.05, 3.63) is 29.3 Å². The third-order valence-corrected chi connectivity index (χ3v) is 4.61. The molecule has 0 spiro atoms. The third-order valence-electron chi connectivity index (χ3n) is 4.61. The first-order valence-electron chi connectivity index (χ1n) is 8.02. The molecular weight excluding hydrogens is 280 g/mol. The van der Waals surface area contributed by atoms with Gasteiger partial charge >= 0.3 is 0 Å². The van der Waals surface area contributed by atoms with Gasteiger partial charge in [-0.1, -0.05) is 6.07 Å². The molecule has 5 heteroatoms. The fourth-order valence-electron chi connectivity index (χ4n) is 3.45. The second-order valence-corrected chi connectivity index (χ2v) is 6.25. The molecule has 0 aromatic heterocycles. The van der Waals surface area contributed by atoms with Gasteiger partial charge in [-0.25, -0.2) is 0 Å². The summed E-state index contributed by atoms with van der Waals surface area (Å²) in [5.74, 6) is 0.207. The first kappa shape index (κ1) is 15.5.